The Morgan fingerprint density at radius 1 is 1.67 bits per heavy atom. The van der Waals surface area contributed by atoms with Crippen LogP contribution in [0, 0.1) is 6.92 Å². The molecule has 2 N–H and O–H groups in total. The van der Waals surface area contributed by atoms with E-state index in [4.69, 9.17) is 4.74 Å². The van der Waals surface area contributed by atoms with Gasteiger partial charge in [-0.3, -0.25) is 5.10 Å². The lowest BCUT2D eigenvalue weighted by Gasteiger charge is -2.26. The SMILES string of the molecule is Cc1nc(CNC2COC2)n[nH]1. The highest BCUT2D eigenvalue weighted by Gasteiger charge is 2.17. The van der Waals surface area contributed by atoms with Crippen molar-refractivity contribution >= 4 is 0 Å². The van der Waals surface area contributed by atoms with Crippen LogP contribution in [0.3, 0.4) is 0 Å². The number of H-pyrrole nitrogens is 1. The van der Waals surface area contributed by atoms with Crippen LogP contribution in [0.2, 0.25) is 0 Å². The van der Waals surface area contributed by atoms with Gasteiger partial charge in [0.05, 0.1) is 25.8 Å². The molecule has 1 aromatic rings. The number of aryl methyl sites for hydroxylation is 1. The Bertz CT molecular complexity index is 256. The standard InChI is InChI=1S/C7H12N4O/c1-5-9-7(11-10-5)2-8-6-3-12-4-6/h6,8H,2-4H2,1H3,(H,9,10,11). The summed E-state index contributed by atoms with van der Waals surface area (Å²) in [6.07, 6.45) is 0. The van der Waals surface area contributed by atoms with Gasteiger partial charge in [-0.25, -0.2) is 4.98 Å². The topological polar surface area (TPSA) is 62.8 Å². The molecule has 5 nitrogen and oxygen atoms in total. The predicted octanol–water partition coefficient (Wildman–Crippen LogP) is -0.398. The monoisotopic (exact) mass is 168 g/mol. The zero-order valence-electron chi connectivity index (χ0n) is 7.00. The number of nitrogens with zero attached hydrogens (tertiary/aromatic N) is 2. The molecule has 0 radical (unpaired) electrons. The van der Waals surface area contributed by atoms with Crippen molar-refractivity contribution < 1.29 is 4.74 Å². The number of aromatic amines is 1. The summed E-state index contributed by atoms with van der Waals surface area (Å²) in [7, 11) is 0. The molecule has 0 aromatic carbocycles. The normalized spacial score (nSPS) is 17.8. The molecule has 0 bridgehead atoms. The number of rotatable bonds is 3. The minimum Gasteiger partial charge on any atom is -0.378 e. The zero-order chi connectivity index (χ0) is 8.39. The van der Waals surface area contributed by atoms with E-state index in [1.807, 2.05) is 6.92 Å². The van der Waals surface area contributed by atoms with Crippen molar-refractivity contribution in [3.63, 3.8) is 0 Å². The third kappa shape index (κ3) is 1.62. The molecular formula is C7H12N4O. The maximum absolute atomic E-state index is 5.02. The Labute approximate surface area is 70.5 Å². The van der Waals surface area contributed by atoms with Gasteiger partial charge < -0.3 is 10.1 Å². The van der Waals surface area contributed by atoms with Crippen molar-refractivity contribution in [1.82, 2.24) is 20.5 Å². The van der Waals surface area contributed by atoms with Gasteiger partial charge in [0.1, 0.15) is 5.82 Å². The van der Waals surface area contributed by atoms with Gasteiger partial charge in [-0.05, 0) is 6.92 Å². The average molecular weight is 168 g/mol. The first-order valence-electron chi connectivity index (χ1n) is 4.03. The van der Waals surface area contributed by atoms with Crippen molar-refractivity contribution in [3.8, 4) is 0 Å². The summed E-state index contributed by atoms with van der Waals surface area (Å²) in [4.78, 5) is 4.17. The molecule has 2 rings (SSSR count). The molecule has 0 saturated carbocycles. The Morgan fingerprint density at radius 3 is 3.00 bits per heavy atom. The number of hydrogen-bond acceptors (Lipinski definition) is 4. The Kier molecular flexibility index (Phi) is 2.05. The summed E-state index contributed by atoms with van der Waals surface area (Å²) in [5.74, 6) is 1.68. The van der Waals surface area contributed by atoms with E-state index >= 15 is 0 Å². The van der Waals surface area contributed by atoms with Crippen LogP contribution in [0.4, 0.5) is 0 Å². The molecule has 0 aliphatic carbocycles. The van der Waals surface area contributed by atoms with E-state index in [2.05, 4.69) is 20.5 Å². The highest BCUT2D eigenvalue weighted by molar-refractivity contribution is 4.88. The lowest BCUT2D eigenvalue weighted by Crippen LogP contribution is -2.45. The van der Waals surface area contributed by atoms with E-state index in [1.54, 1.807) is 0 Å². The molecule has 1 aromatic heterocycles. The van der Waals surface area contributed by atoms with Crippen LogP contribution in [0.25, 0.3) is 0 Å². The molecule has 0 unspecified atom stereocenters. The van der Waals surface area contributed by atoms with E-state index in [0.717, 1.165) is 31.4 Å². The maximum Gasteiger partial charge on any atom is 0.164 e. The number of aromatic nitrogens is 3. The molecule has 1 saturated heterocycles. The smallest absolute Gasteiger partial charge is 0.164 e. The van der Waals surface area contributed by atoms with Gasteiger partial charge in [0.15, 0.2) is 5.82 Å². The third-order valence-electron chi connectivity index (χ3n) is 1.83. The minimum atomic E-state index is 0.490. The molecule has 66 valence electrons. The molecule has 1 aliphatic heterocycles. The third-order valence-corrected chi connectivity index (χ3v) is 1.83. The van der Waals surface area contributed by atoms with Gasteiger partial charge in [-0.15, -0.1) is 0 Å². The Morgan fingerprint density at radius 2 is 2.50 bits per heavy atom. The fourth-order valence-electron chi connectivity index (χ4n) is 1.06. The fraction of sp³-hybridized carbons (Fsp3) is 0.714. The lowest BCUT2D eigenvalue weighted by molar-refractivity contribution is -0.00603. The summed E-state index contributed by atoms with van der Waals surface area (Å²) in [5.41, 5.74) is 0. The van der Waals surface area contributed by atoms with Gasteiger partial charge in [0.2, 0.25) is 0 Å². The van der Waals surface area contributed by atoms with Crippen LogP contribution in [0.15, 0.2) is 0 Å². The van der Waals surface area contributed by atoms with Crippen LogP contribution in [0.1, 0.15) is 11.6 Å². The van der Waals surface area contributed by atoms with Crippen LogP contribution in [-0.4, -0.2) is 34.4 Å². The van der Waals surface area contributed by atoms with Gasteiger partial charge in [0.25, 0.3) is 0 Å². The van der Waals surface area contributed by atoms with Crippen LogP contribution in [-0.2, 0) is 11.3 Å². The summed E-state index contributed by atoms with van der Waals surface area (Å²) >= 11 is 0. The Hall–Kier alpha value is -0.940. The van der Waals surface area contributed by atoms with Gasteiger partial charge in [-0.2, -0.15) is 5.10 Å². The highest BCUT2D eigenvalue weighted by Crippen LogP contribution is 2.00. The minimum absolute atomic E-state index is 0.490. The first kappa shape index (κ1) is 7.70. The maximum atomic E-state index is 5.02. The van der Waals surface area contributed by atoms with Crippen LogP contribution in [0.5, 0.6) is 0 Å². The molecule has 0 spiro atoms. The van der Waals surface area contributed by atoms with Crippen molar-refractivity contribution in [1.29, 1.82) is 0 Å². The van der Waals surface area contributed by atoms with Gasteiger partial charge >= 0.3 is 0 Å². The van der Waals surface area contributed by atoms with Crippen molar-refractivity contribution in [2.45, 2.75) is 19.5 Å². The first-order valence-corrected chi connectivity index (χ1v) is 4.03. The first-order chi connectivity index (χ1) is 5.84. The van der Waals surface area contributed by atoms with E-state index in [0.29, 0.717) is 6.04 Å². The van der Waals surface area contributed by atoms with Crippen LogP contribution >= 0.6 is 0 Å². The van der Waals surface area contributed by atoms with E-state index in [9.17, 15) is 0 Å². The van der Waals surface area contributed by atoms with Crippen LogP contribution < -0.4 is 5.32 Å². The summed E-state index contributed by atoms with van der Waals surface area (Å²) in [6, 6.07) is 0.490. The molecule has 5 heteroatoms. The molecular weight excluding hydrogens is 156 g/mol. The zero-order valence-corrected chi connectivity index (χ0v) is 7.00. The fourth-order valence-corrected chi connectivity index (χ4v) is 1.06. The summed E-state index contributed by atoms with van der Waals surface area (Å²) in [5, 5.41) is 10.1. The molecule has 2 heterocycles. The highest BCUT2D eigenvalue weighted by atomic mass is 16.5. The molecule has 1 fully saturated rings. The van der Waals surface area contributed by atoms with Crippen molar-refractivity contribution in [2.75, 3.05) is 13.2 Å². The predicted molar refractivity (Wildman–Crippen MR) is 42.6 cm³/mol. The second-order valence-corrected chi connectivity index (χ2v) is 2.95. The van der Waals surface area contributed by atoms with E-state index in [1.165, 1.54) is 0 Å². The van der Waals surface area contributed by atoms with Crippen molar-refractivity contribution in [3.05, 3.63) is 11.6 Å². The lowest BCUT2D eigenvalue weighted by atomic mass is 10.2. The van der Waals surface area contributed by atoms with Gasteiger partial charge in [-0.1, -0.05) is 0 Å². The number of hydrogen-bond donors (Lipinski definition) is 2. The number of nitrogens with one attached hydrogen (secondary N) is 2. The average Bonchev–Trinajstić information content (AvgIpc) is 2.32. The molecule has 0 atom stereocenters. The van der Waals surface area contributed by atoms with E-state index < -0.39 is 0 Å². The second-order valence-electron chi connectivity index (χ2n) is 2.95. The molecule has 0 amide bonds. The summed E-state index contributed by atoms with van der Waals surface area (Å²) < 4.78 is 5.02. The van der Waals surface area contributed by atoms with E-state index in [-0.39, 0.29) is 0 Å². The largest absolute Gasteiger partial charge is 0.378 e. The Balaban J connectivity index is 1.79. The quantitative estimate of drug-likeness (QED) is 0.644. The summed E-state index contributed by atoms with van der Waals surface area (Å²) in [6.45, 7) is 4.23. The molecule has 1 aliphatic rings. The molecule has 12 heavy (non-hydrogen) atoms. The van der Waals surface area contributed by atoms with Crippen molar-refractivity contribution in [2.24, 2.45) is 0 Å². The second kappa shape index (κ2) is 3.20. The van der Waals surface area contributed by atoms with Gasteiger partial charge in [0, 0.05) is 0 Å². The number of ether oxygens (including phenoxy) is 1.